The lowest BCUT2D eigenvalue weighted by Crippen LogP contribution is -1.97. The van der Waals surface area contributed by atoms with Gasteiger partial charge in [-0.25, -0.2) is 0 Å². The van der Waals surface area contributed by atoms with Crippen LogP contribution in [-0.4, -0.2) is 0 Å². The third-order valence-corrected chi connectivity index (χ3v) is 6.46. The van der Waals surface area contributed by atoms with Crippen LogP contribution < -0.4 is 16.2 Å². The van der Waals surface area contributed by atoms with Crippen LogP contribution in [0.3, 0.4) is 0 Å². The van der Waals surface area contributed by atoms with E-state index < -0.39 is 0 Å². The predicted octanol–water partition coefficient (Wildman–Crippen LogP) is 8.28. The Kier molecular flexibility index (Phi) is 5.08. The average Bonchev–Trinajstić information content (AvgIpc) is 2.90. The Balaban J connectivity index is 1.62. The maximum atomic E-state index is 6.76. The molecule has 0 amide bonds. The molecule has 3 nitrogen and oxygen atoms in total. The first kappa shape index (κ1) is 20.8. The number of para-hydroxylation sites is 2. The van der Waals surface area contributed by atoms with E-state index >= 15 is 0 Å². The molecule has 35 heavy (non-hydrogen) atoms. The van der Waals surface area contributed by atoms with E-state index in [1.807, 2.05) is 84.9 Å². The van der Waals surface area contributed by atoms with E-state index in [9.17, 15) is 0 Å². The van der Waals surface area contributed by atoms with Crippen molar-refractivity contribution in [1.82, 2.24) is 0 Å². The minimum atomic E-state index is 0.708. The number of benzene rings is 6. The fourth-order valence-electron chi connectivity index (χ4n) is 4.80. The summed E-state index contributed by atoms with van der Waals surface area (Å²) >= 11 is 0. The van der Waals surface area contributed by atoms with Gasteiger partial charge < -0.3 is 16.2 Å². The molecule has 0 aliphatic rings. The maximum Gasteiger partial charge on any atom is 0.136 e. The van der Waals surface area contributed by atoms with E-state index in [1.165, 1.54) is 0 Å². The summed E-state index contributed by atoms with van der Waals surface area (Å²) < 4.78 is 6.76. The second-order valence-electron chi connectivity index (χ2n) is 8.60. The largest absolute Gasteiger partial charge is 0.456 e. The molecule has 0 aromatic heterocycles. The van der Waals surface area contributed by atoms with Crippen molar-refractivity contribution in [2.45, 2.75) is 0 Å². The van der Waals surface area contributed by atoms with Gasteiger partial charge in [-0.15, -0.1) is 0 Å². The number of hydrogen-bond donors (Lipinski definition) is 2. The van der Waals surface area contributed by atoms with E-state index in [-0.39, 0.29) is 0 Å². The first-order valence-electron chi connectivity index (χ1n) is 11.6. The Morgan fingerprint density at radius 3 is 1.26 bits per heavy atom. The summed E-state index contributed by atoms with van der Waals surface area (Å²) in [6, 6.07) is 40.7. The van der Waals surface area contributed by atoms with Crippen molar-refractivity contribution in [2.24, 2.45) is 0 Å². The molecule has 0 bridgehead atoms. The van der Waals surface area contributed by atoms with Gasteiger partial charge in [0.15, 0.2) is 0 Å². The highest BCUT2D eigenvalue weighted by Crippen LogP contribution is 2.45. The van der Waals surface area contributed by atoms with Crippen molar-refractivity contribution in [3.05, 3.63) is 121 Å². The van der Waals surface area contributed by atoms with E-state index in [2.05, 4.69) is 36.4 Å². The van der Waals surface area contributed by atoms with Crippen LogP contribution in [0.1, 0.15) is 0 Å². The molecule has 6 aromatic carbocycles. The maximum absolute atomic E-state index is 6.76. The fraction of sp³-hybridized carbons (Fsp3) is 0. The molecule has 0 aliphatic heterocycles. The summed E-state index contributed by atoms with van der Waals surface area (Å²) in [5.41, 5.74) is 18.2. The molecule has 3 heteroatoms. The van der Waals surface area contributed by atoms with E-state index in [0.717, 1.165) is 55.3 Å². The molecule has 0 saturated heterocycles. The number of rotatable bonds is 4. The van der Waals surface area contributed by atoms with Gasteiger partial charge in [0.25, 0.3) is 0 Å². The molecular weight excluding hydrogens is 428 g/mol. The summed E-state index contributed by atoms with van der Waals surface area (Å²) in [6.07, 6.45) is 0. The van der Waals surface area contributed by atoms with Crippen molar-refractivity contribution in [1.29, 1.82) is 0 Å². The third kappa shape index (κ3) is 3.64. The first-order chi connectivity index (χ1) is 17.2. The summed E-state index contributed by atoms with van der Waals surface area (Å²) in [5.74, 6) is 1.49. The highest BCUT2D eigenvalue weighted by Gasteiger charge is 2.18. The zero-order chi connectivity index (χ0) is 23.8. The molecule has 0 saturated carbocycles. The van der Waals surface area contributed by atoms with Crippen molar-refractivity contribution in [2.75, 3.05) is 11.5 Å². The van der Waals surface area contributed by atoms with E-state index in [0.29, 0.717) is 11.4 Å². The minimum Gasteiger partial charge on any atom is -0.456 e. The zero-order valence-corrected chi connectivity index (χ0v) is 19.1. The van der Waals surface area contributed by atoms with Crippen molar-refractivity contribution >= 4 is 32.9 Å². The van der Waals surface area contributed by atoms with Gasteiger partial charge >= 0.3 is 0 Å². The molecule has 0 unspecified atom stereocenters. The van der Waals surface area contributed by atoms with E-state index in [4.69, 9.17) is 16.2 Å². The van der Waals surface area contributed by atoms with Gasteiger partial charge in [0.05, 0.1) is 0 Å². The second kappa shape index (κ2) is 8.54. The van der Waals surface area contributed by atoms with Crippen LogP contribution in [0, 0.1) is 0 Å². The Hall–Kier alpha value is -4.76. The summed E-state index contributed by atoms with van der Waals surface area (Å²) in [4.78, 5) is 0. The molecule has 6 rings (SSSR count). The number of anilines is 2. The molecule has 0 heterocycles. The summed E-state index contributed by atoms with van der Waals surface area (Å²) in [6.45, 7) is 0. The lowest BCUT2D eigenvalue weighted by atomic mass is 9.95. The second-order valence-corrected chi connectivity index (χ2v) is 8.60. The molecule has 0 fully saturated rings. The van der Waals surface area contributed by atoms with E-state index in [1.54, 1.807) is 0 Å². The Labute approximate surface area is 204 Å². The smallest absolute Gasteiger partial charge is 0.136 e. The average molecular weight is 453 g/mol. The van der Waals surface area contributed by atoms with Gasteiger partial charge in [-0.3, -0.25) is 0 Å². The van der Waals surface area contributed by atoms with Gasteiger partial charge in [0.1, 0.15) is 11.5 Å². The first-order valence-corrected chi connectivity index (χ1v) is 11.6. The van der Waals surface area contributed by atoms with Gasteiger partial charge in [-0.2, -0.15) is 0 Å². The van der Waals surface area contributed by atoms with Crippen molar-refractivity contribution < 1.29 is 4.74 Å². The number of ether oxygens (including phenoxy) is 1. The molecular formula is C32H24N2O. The number of fused-ring (bicyclic) bond motifs is 2. The molecule has 4 N–H and O–H groups in total. The number of hydrogen-bond acceptors (Lipinski definition) is 3. The monoisotopic (exact) mass is 452 g/mol. The van der Waals surface area contributed by atoms with Gasteiger partial charge in [-0.05, 0) is 45.8 Å². The Morgan fingerprint density at radius 2 is 0.800 bits per heavy atom. The van der Waals surface area contributed by atoms with Crippen molar-refractivity contribution in [3.8, 4) is 33.8 Å². The fourth-order valence-corrected chi connectivity index (χ4v) is 4.80. The summed E-state index contributed by atoms with van der Waals surface area (Å²) in [7, 11) is 0. The molecule has 168 valence electrons. The minimum absolute atomic E-state index is 0.708. The highest BCUT2D eigenvalue weighted by molar-refractivity contribution is 6.04. The van der Waals surface area contributed by atoms with Gasteiger partial charge in [0.2, 0.25) is 0 Å². The van der Waals surface area contributed by atoms with Crippen LogP contribution in [0.2, 0.25) is 0 Å². The van der Waals surface area contributed by atoms with Gasteiger partial charge in [0, 0.05) is 33.6 Å². The van der Waals surface area contributed by atoms with Crippen LogP contribution in [-0.2, 0) is 0 Å². The van der Waals surface area contributed by atoms with Gasteiger partial charge in [-0.1, -0.05) is 97.1 Å². The standard InChI is InChI=1S/C32H24N2O/c33-27-15-7-5-13-25(27)31-23-11-3-1-9-21(23)17-19-29(31)35-30-20-18-22-10-2-4-12-24(22)32(30)26-14-6-8-16-28(26)34/h1-20H,33-34H2. The predicted molar refractivity (Wildman–Crippen MR) is 148 cm³/mol. The van der Waals surface area contributed by atoms with Crippen LogP contribution in [0.25, 0.3) is 43.8 Å². The third-order valence-electron chi connectivity index (χ3n) is 6.46. The van der Waals surface area contributed by atoms with Crippen LogP contribution in [0.15, 0.2) is 121 Å². The molecule has 0 spiro atoms. The Morgan fingerprint density at radius 1 is 0.400 bits per heavy atom. The zero-order valence-electron chi connectivity index (χ0n) is 19.1. The lowest BCUT2D eigenvalue weighted by Gasteiger charge is -2.19. The van der Waals surface area contributed by atoms with Crippen LogP contribution in [0.5, 0.6) is 11.5 Å². The molecule has 0 aliphatic carbocycles. The molecule has 0 radical (unpaired) electrons. The molecule has 6 aromatic rings. The quantitative estimate of drug-likeness (QED) is 0.265. The lowest BCUT2D eigenvalue weighted by molar-refractivity contribution is 0.487. The normalized spacial score (nSPS) is 11.1. The Bertz CT molecular complexity index is 1580. The topological polar surface area (TPSA) is 61.3 Å². The van der Waals surface area contributed by atoms with Crippen molar-refractivity contribution in [3.63, 3.8) is 0 Å². The molecule has 0 atom stereocenters. The number of nitrogen functional groups attached to an aromatic ring is 2. The SMILES string of the molecule is Nc1ccccc1-c1c(Oc2ccc3ccccc3c2-c2ccccc2N)ccc2ccccc12. The van der Waals surface area contributed by atoms with Crippen LogP contribution >= 0.6 is 0 Å². The van der Waals surface area contributed by atoms with Crippen LogP contribution in [0.4, 0.5) is 11.4 Å². The number of nitrogens with two attached hydrogens (primary N) is 2. The highest BCUT2D eigenvalue weighted by atomic mass is 16.5. The summed E-state index contributed by atoms with van der Waals surface area (Å²) in [5, 5.41) is 4.43.